The normalized spacial score (nSPS) is 23.7. The fourth-order valence-corrected chi connectivity index (χ4v) is 4.75. The average molecular weight is 298 g/mol. The van der Waals surface area contributed by atoms with E-state index in [-0.39, 0.29) is 5.92 Å². The molecule has 2 N–H and O–H groups in total. The summed E-state index contributed by atoms with van der Waals surface area (Å²) >= 11 is 3.57. The Morgan fingerprint density at radius 3 is 3.00 bits per heavy atom. The first-order chi connectivity index (χ1) is 9.13. The van der Waals surface area contributed by atoms with Crippen molar-refractivity contribution in [1.29, 1.82) is 0 Å². The number of carboxylic acids is 1. The highest BCUT2D eigenvalue weighted by Crippen LogP contribution is 2.43. The summed E-state index contributed by atoms with van der Waals surface area (Å²) in [6.45, 7) is 0.943. The van der Waals surface area contributed by atoms with Crippen molar-refractivity contribution in [1.82, 2.24) is 4.98 Å². The number of aliphatic carboxylic acids is 1. The highest BCUT2D eigenvalue weighted by molar-refractivity contribution is 8.00. The summed E-state index contributed by atoms with van der Waals surface area (Å²) in [6, 6.07) is 0. The molecule has 1 atom stereocenters. The van der Waals surface area contributed by atoms with Gasteiger partial charge in [-0.2, -0.15) is 11.8 Å². The first-order valence-corrected chi connectivity index (χ1v) is 8.69. The molecule has 2 aliphatic rings. The zero-order valence-corrected chi connectivity index (χ0v) is 12.6. The zero-order valence-electron chi connectivity index (χ0n) is 10.9. The molecule has 1 saturated carbocycles. The third kappa shape index (κ3) is 2.36. The summed E-state index contributed by atoms with van der Waals surface area (Å²) in [7, 11) is 0. The molecule has 2 aliphatic carbocycles. The molecule has 0 bridgehead atoms. The molecule has 3 rings (SSSR count). The topological polar surface area (TPSA) is 62.2 Å². The number of fused-ring (bicyclic) bond motifs is 1. The van der Waals surface area contributed by atoms with E-state index >= 15 is 0 Å². The van der Waals surface area contributed by atoms with Gasteiger partial charge < -0.3 is 10.4 Å². The van der Waals surface area contributed by atoms with E-state index in [9.17, 15) is 4.79 Å². The lowest BCUT2D eigenvalue weighted by Crippen LogP contribution is -2.40. The minimum Gasteiger partial charge on any atom is -0.481 e. The number of hydrogen-bond donors (Lipinski definition) is 2. The third-order valence-electron chi connectivity index (χ3n) is 4.28. The lowest BCUT2D eigenvalue weighted by Gasteiger charge is -2.40. The predicted octanol–water partition coefficient (Wildman–Crippen LogP) is 2.96. The fourth-order valence-electron chi connectivity index (χ4n) is 2.80. The van der Waals surface area contributed by atoms with Gasteiger partial charge in [0.15, 0.2) is 5.13 Å². The second kappa shape index (κ2) is 4.98. The van der Waals surface area contributed by atoms with Crippen LogP contribution in [-0.2, 0) is 11.2 Å². The molecule has 0 aliphatic heterocycles. The summed E-state index contributed by atoms with van der Waals surface area (Å²) in [4.78, 5) is 16.8. The average Bonchev–Trinajstić information content (AvgIpc) is 2.86. The maximum atomic E-state index is 11.1. The fraction of sp³-hybridized carbons (Fsp3) is 0.692. The highest BCUT2D eigenvalue weighted by atomic mass is 32.2. The number of anilines is 1. The SMILES string of the molecule is CSC1(CNc2nc3c(s2)CCC3C(=O)O)CCC1. The Balaban J connectivity index is 1.67. The van der Waals surface area contributed by atoms with Crippen LogP contribution in [0.25, 0.3) is 0 Å². The van der Waals surface area contributed by atoms with Crippen LogP contribution in [0.5, 0.6) is 0 Å². The van der Waals surface area contributed by atoms with E-state index in [1.807, 2.05) is 11.8 Å². The van der Waals surface area contributed by atoms with Gasteiger partial charge in [-0.15, -0.1) is 11.3 Å². The van der Waals surface area contributed by atoms with Gasteiger partial charge in [0.25, 0.3) is 0 Å². The van der Waals surface area contributed by atoms with Crippen molar-refractivity contribution in [2.75, 3.05) is 18.1 Å². The van der Waals surface area contributed by atoms with E-state index in [0.29, 0.717) is 11.2 Å². The Bertz CT molecular complexity index is 491. The summed E-state index contributed by atoms with van der Waals surface area (Å²) in [5, 5.41) is 13.5. The van der Waals surface area contributed by atoms with Crippen molar-refractivity contribution >= 4 is 34.2 Å². The summed E-state index contributed by atoms with van der Waals surface area (Å²) in [5.41, 5.74) is 0.798. The maximum Gasteiger partial charge on any atom is 0.312 e. The van der Waals surface area contributed by atoms with Crippen molar-refractivity contribution in [2.24, 2.45) is 0 Å². The molecule has 104 valence electrons. The number of rotatable bonds is 5. The number of hydrogen-bond acceptors (Lipinski definition) is 5. The largest absolute Gasteiger partial charge is 0.481 e. The van der Waals surface area contributed by atoms with Crippen LogP contribution >= 0.6 is 23.1 Å². The van der Waals surface area contributed by atoms with Gasteiger partial charge in [0, 0.05) is 16.2 Å². The van der Waals surface area contributed by atoms with Crippen LogP contribution < -0.4 is 5.32 Å². The van der Waals surface area contributed by atoms with E-state index in [2.05, 4.69) is 16.6 Å². The van der Waals surface area contributed by atoms with Crippen LogP contribution in [0.1, 0.15) is 42.2 Å². The molecule has 0 radical (unpaired) electrons. The Morgan fingerprint density at radius 2 is 2.42 bits per heavy atom. The van der Waals surface area contributed by atoms with Crippen LogP contribution in [-0.4, -0.2) is 33.6 Å². The number of aryl methyl sites for hydroxylation is 1. The molecule has 1 unspecified atom stereocenters. The lowest BCUT2D eigenvalue weighted by atomic mass is 9.84. The van der Waals surface area contributed by atoms with Crippen molar-refractivity contribution < 1.29 is 9.90 Å². The first kappa shape index (κ1) is 13.2. The predicted molar refractivity (Wildman–Crippen MR) is 79.4 cm³/mol. The van der Waals surface area contributed by atoms with Gasteiger partial charge >= 0.3 is 5.97 Å². The third-order valence-corrected chi connectivity index (χ3v) is 6.78. The van der Waals surface area contributed by atoms with Gasteiger partial charge in [0.2, 0.25) is 0 Å². The molecule has 0 spiro atoms. The molecule has 0 saturated heterocycles. The number of thiazole rings is 1. The quantitative estimate of drug-likeness (QED) is 0.875. The lowest BCUT2D eigenvalue weighted by molar-refractivity contribution is -0.138. The Kier molecular flexibility index (Phi) is 3.47. The minimum atomic E-state index is -0.741. The maximum absolute atomic E-state index is 11.1. The molecule has 0 aromatic carbocycles. The number of nitrogens with one attached hydrogen (secondary N) is 1. The van der Waals surface area contributed by atoms with Gasteiger partial charge in [-0.3, -0.25) is 4.79 Å². The molecule has 1 aromatic rings. The van der Waals surface area contributed by atoms with Crippen molar-refractivity contribution in [3.05, 3.63) is 10.6 Å². The van der Waals surface area contributed by atoms with Gasteiger partial charge in [-0.25, -0.2) is 4.98 Å². The van der Waals surface area contributed by atoms with Gasteiger partial charge in [0.05, 0.1) is 5.69 Å². The number of carboxylic acid groups (broad SMARTS) is 1. The van der Waals surface area contributed by atoms with Crippen LogP contribution in [0.15, 0.2) is 0 Å². The van der Waals surface area contributed by atoms with E-state index < -0.39 is 5.97 Å². The molecule has 6 heteroatoms. The molecule has 19 heavy (non-hydrogen) atoms. The summed E-state index contributed by atoms with van der Waals surface area (Å²) < 4.78 is 0.377. The molecular formula is C13H18N2O2S2. The van der Waals surface area contributed by atoms with Gasteiger partial charge in [-0.1, -0.05) is 6.42 Å². The molecule has 0 amide bonds. The second-order valence-electron chi connectivity index (χ2n) is 5.35. The molecular weight excluding hydrogens is 280 g/mol. The smallest absolute Gasteiger partial charge is 0.312 e. The minimum absolute atomic E-state index is 0.377. The van der Waals surface area contributed by atoms with Crippen LogP contribution in [0.4, 0.5) is 5.13 Å². The Labute approximate surface area is 121 Å². The van der Waals surface area contributed by atoms with Crippen LogP contribution in [0.3, 0.4) is 0 Å². The first-order valence-electron chi connectivity index (χ1n) is 6.65. The van der Waals surface area contributed by atoms with Crippen molar-refractivity contribution in [3.63, 3.8) is 0 Å². The van der Waals surface area contributed by atoms with E-state index in [1.54, 1.807) is 11.3 Å². The van der Waals surface area contributed by atoms with Gasteiger partial charge in [0.1, 0.15) is 5.92 Å². The molecule has 1 aromatic heterocycles. The number of aromatic nitrogens is 1. The Hall–Kier alpha value is -0.750. The summed E-state index contributed by atoms with van der Waals surface area (Å²) in [6.07, 6.45) is 7.59. The van der Waals surface area contributed by atoms with E-state index in [0.717, 1.165) is 28.7 Å². The van der Waals surface area contributed by atoms with Crippen LogP contribution in [0, 0.1) is 0 Å². The zero-order chi connectivity index (χ0) is 13.5. The standard InChI is InChI=1S/C13H18N2O2S2/c1-18-13(5-2-6-13)7-14-12-15-10-8(11(16)17)3-4-9(10)19-12/h8H,2-7H2,1H3,(H,14,15)(H,16,17). The monoisotopic (exact) mass is 298 g/mol. The van der Waals surface area contributed by atoms with Gasteiger partial charge in [-0.05, 0) is 31.9 Å². The molecule has 4 nitrogen and oxygen atoms in total. The number of nitrogens with zero attached hydrogens (tertiary/aromatic N) is 1. The number of thioether (sulfide) groups is 1. The second-order valence-corrected chi connectivity index (χ2v) is 7.71. The van der Waals surface area contributed by atoms with Crippen molar-refractivity contribution in [2.45, 2.75) is 42.8 Å². The highest BCUT2D eigenvalue weighted by Gasteiger charge is 2.37. The molecule has 1 heterocycles. The van der Waals surface area contributed by atoms with Crippen LogP contribution in [0.2, 0.25) is 0 Å². The van der Waals surface area contributed by atoms with Crippen molar-refractivity contribution in [3.8, 4) is 0 Å². The Morgan fingerprint density at radius 1 is 1.63 bits per heavy atom. The van der Waals surface area contributed by atoms with E-state index in [4.69, 9.17) is 5.11 Å². The van der Waals surface area contributed by atoms with E-state index in [1.165, 1.54) is 19.3 Å². The molecule has 1 fully saturated rings. The summed E-state index contributed by atoms with van der Waals surface area (Å²) in [5.74, 6) is -1.13. The number of carbonyl (C=O) groups is 1.